The number of fused-ring (bicyclic) bond motifs is 1. The van der Waals surface area contributed by atoms with Crippen molar-refractivity contribution in [3.63, 3.8) is 0 Å². The molecule has 1 aliphatic carbocycles. The normalized spacial score (nSPS) is 18.1. The van der Waals surface area contributed by atoms with Gasteiger partial charge in [0.2, 0.25) is 5.88 Å². The van der Waals surface area contributed by atoms with Gasteiger partial charge in [0.15, 0.2) is 0 Å². The summed E-state index contributed by atoms with van der Waals surface area (Å²) in [5.74, 6) is 0.418. The minimum Gasteiger partial charge on any atom is -0.508 e. The Balaban J connectivity index is 1.45. The maximum Gasteiger partial charge on any atom is 0.573 e. The number of hydrogen-bond donors (Lipinski definition) is 1. The number of hydrogen-bond acceptors (Lipinski definition) is 5. The van der Waals surface area contributed by atoms with Gasteiger partial charge in [0.1, 0.15) is 17.6 Å². The lowest BCUT2D eigenvalue weighted by Crippen LogP contribution is -2.26. The number of benzene rings is 2. The first kappa shape index (κ1) is 27.0. The van der Waals surface area contributed by atoms with Crippen molar-refractivity contribution in [1.29, 1.82) is 0 Å². The van der Waals surface area contributed by atoms with E-state index in [9.17, 15) is 22.7 Å². The SMILES string of the molecule is Oc1ccc2c(c1)CCCC(c1ccc(OC(F)(F)F)cc1)=C2c1ccc(O[C@H]2CCN(CCCF)C2)nc1. The topological polar surface area (TPSA) is 54.8 Å². The average molecular weight is 543 g/mol. The Kier molecular flexibility index (Phi) is 8.07. The predicted octanol–water partition coefficient (Wildman–Crippen LogP) is 6.79. The number of halogens is 4. The highest BCUT2D eigenvalue weighted by molar-refractivity contribution is 5.99. The number of alkyl halides is 4. The van der Waals surface area contributed by atoms with Gasteiger partial charge in [0.05, 0.1) is 6.67 Å². The summed E-state index contributed by atoms with van der Waals surface area (Å²) in [4.78, 5) is 6.77. The van der Waals surface area contributed by atoms with Gasteiger partial charge in [-0.3, -0.25) is 9.29 Å². The standard InChI is InChI=1S/C30H30F4N2O3/c31-14-2-15-36-16-13-25(19-36)38-28-12-7-22(18-35-28)29-26(4-1-3-21-17-23(37)8-11-27(21)29)20-5-9-24(10-6-20)39-30(32,33)34/h5-12,17-18,25,37H,1-4,13-16,19H2/t25-/m0/s1. The quantitative estimate of drug-likeness (QED) is 0.318. The Morgan fingerprint density at radius 2 is 1.79 bits per heavy atom. The summed E-state index contributed by atoms with van der Waals surface area (Å²) in [7, 11) is 0. The predicted molar refractivity (Wildman–Crippen MR) is 140 cm³/mol. The van der Waals surface area contributed by atoms with E-state index >= 15 is 0 Å². The van der Waals surface area contributed by atoms with Crippen molar-refractivity contribution in [3.05, 3.63) is 83.0 Å². The molecule has 2 aromatic carbocycles. The fraction of sp³-hybridized carbons (Fsp3) is 0.367. The number of aromatic nitrogens is 1. The monoisotopic (exact) mass is 542 g/mol. The average Bonchev–Trinajstić information content (AvgIpc) is 3.26. The van der Waals surface area contributed by atoms with E-state index in [1.807, 2.05) is 18.2 Å². The van der Waals surface area contributed by atoms with Crippen LogP contribution in [0.15, 0.2) is 60.8 Å². The molecule has 2 heterocycles. The van der Waals surface area contributed by atoms with Gasteiger partial charge in [-0.2, -0.15) is 0 Å². The van der Waals surface area contributed by atoms with Crippen molar-refractivity contribution in [2.75, 3.05) is 26.3 Å². The number of allylic oxidation sites excluding steroid dienone is 1. The third-order valence-corrected chi connectivity index (χ3v) is 7.12. The van der Waals surface area contributed by atoms with Gasteiger partial charge in [-0.05, 0) is 90.3 Å². The number of likely N-dealkylation sites (tertiary alicyclic amines) is 1. The van der Waals surface area contributed by atoms with Crippen LogP contribution in [0.5, 0.6) is 17.4 Å². The largest absolute Gasteiger partial charge is 0.573 e. The molecule has 1 N–H and O–H groups in total. The Morgan fingerprint density at radius 1 is 1.00 bits per heavy atom. The molecule has 206 valence electrons. The van der Waals surface area contributed by atoms with Crippen LogP contribution >= 0.6 is 0 Å². The third kappa shape index (κ3) is 6.71. The summed E-state index contributed by atoms with van der Waals surface area (Å²) in [5.41, 5.74) is 5.48. The number of aromatic hydroxyl groups is 1. The first-order chi connectivity index (χ1) is 18.8. The smallest absolute Gasteiger partial charge is 0.508 e. The fourth-order valence-corrected chi connectivity index (χ4v) is 5.40. The number of aryl methyl sites for hydroxylation is 1. The Morgan fingerprint density at radius 3 is 2.51 bits per heavy atom. The molecule has 5 nitrogen and oxygen atoms in total. The number of pyridine rings is 1. The van der Waals surface area contributed by atoms with Crippen LogP contribution in [0, 0.1) is 0 Å². The van der Waals surface area contributed by atoms with Gasteiger partial charge in [0, 0.05) is 37.5 Å². The van der Waals surface area contributed by atoms with Crippen molar-refractivity contribution in [2.24, 2.45) is 0 Å². The molecule has 0 radical (unpaired) electrons. The van der Waals surface area contributed by atoms with Crippen molar-refractivity contribution in [1.82, 2.24) is 9.88 Å². The second kappa shape index (κ2) is 11.7. The summed E-state index contributed by atoms with van der Waals surface area (Å²) in [6, 6.07) is 15.0. The summed E-state index contributed by atoms with van der Waals surface area (Å²) < 4.78 is 60.7. The molecule has 1 aromatic heterocycles. The van der Waals surface area contributed by atoms with Crippen LogP contribution in [0.3, 0.4) is 0 Å². The zero-order chi connectivity index (χ0) is 27.4. The van der Waals surface area contributed by atoms with Crippen LogP contribution in [-0.2, 0) is 6.42 Å². The van der Waals surface area contributed by atoms with Crippen LogP contribution in [0.2, 0.25) is 0 Å². The van der Waals surface area contributed by atoms with E-state index in [1.54, 1.807) is 30.5 Å². The van der Waals surface area contributed by atoms with Crippen LogP contribution in [0.25, 0.3) is 11.1 Å². The molecule has 0 bridgehead atoms. The van der Waals surface area contributed by atoms with E-state index in [0.29, 0.717) is 18.7 Å². The molecular formula is C30H30F4N2O3. The van der Waals surface area contributed by atoms with Crippen LogP contribution < -0.4 is 9.47 Å². The molecule has 3 aromatic rings. The van der Waals surface area contributed by atoms with Gasteiger partial charge in [-0.25, -0.2) is 4.98 Å². The molecule has 9 heteroatoms. The highest BCUT2D eigenvalue weighted by atomic mass is 19.4. The minimum absolute atomic E-state index is 0.00301. The van der Waals surface area contributed by atoms with Crippen LogP contribution in [0.4, 0.5) is 17.6 Å². The summed E-state index contributed by atoms with van der Waals surface area (Å²) in [6.45, 7) is 2.01. The van der Waals surface area contributed by atoms with E-state index in [2.05, 4.69) is 14.6 Å². The lowest BCUT2D eigenvalue weighted by Gasteiger charge is -2.18. The molecule has 1 atom stereocenters. The molecule has 2 aliphatic rings. The Bertz CT molecular complexity index is 1310. The second-order valence-corrected chi connectivity index (χ2v) is 9.88. The summed E-state index contributed by atoms with van der Waals surface area (Å²) >= 11 is 0. The molecule has 1 saturated heterocycles. The van der Waals surface area contributed by atoms with Crippen molar-refractivity contribution < 1.29 is 32.1 Å². The third-order valence-electron chi connectivity index (χ3n) is 7.12. The second-order valence-electron chi connectivity index (χ2n) is 9.88. The number of phenols is 1. The molecular weight excluding hydrogens is 512 g/mol. The molecule has 5 rings (SSSR count). The summed E-state index contributed by atoms with van der Waals surface area (Å²) in [5, 5.41) is 10.1. The molecule has 1 fully saturated rings. The Hall–Kier alpha value is -3.59. The van der Waals surface area contributed by atoms with Crippen LogP contribution in [0.1, 0.15) is 47.9 Å². The molecule has 0 amide bonds. The highest BCUT2D eigenvalue weighted by Gasteiger charge is 2.31. The van der Waals surface area contributed by atoms with Crippen molar-refractivity contribution >= 4 is 11.1 Å². The van der Waals surface area contributed by atoms with E-state index in [1.165, 1.54) is 12.1 Å². The number of phenolic OH excluding ortho intramolecular Hbond substituents is 1. The highest BCUT2D eigenvalue weighted by Crippen LogP contribution is 2.41. The maximum absolute atomic E-state index is 12.7. The first-order valence-electron chi connectivity index (χ1n) is 13.1. The van der Waals surface area contributed by atoms with Gasteiger partial charge >= 0.3 is 6.36 Å². The van der Waals surface area contributed by atoms with Crippen LogP contribution in [-0.4, -0.2) is 53.8 Å². The number of nitrogens with zero attached hydrogens (tertiary/aromatic N) is 2. The fourth-order valence-electron chi connectivity index (χ4n) is 5.40. The lowest BCUT2D eigenvalue weighted by atomic mass is 9.88. The zero-order valence-electron chi connectivity index (χ0n) is 21.4. The van der Waals surface area contributed by atoms with Gasteiger partial charge in [-0.15, -0.1) is 13.2 Å². The van der Waals surface area contributed by atoms with E-state index in [0.717, 1.165) is 72.3 Å². The zero-order valence-corrected chi connectivity index (χ0v) is 21.4. The Labute approximate surface area is 224 Å². The first-order valence-corrected chi connectivity index (χ1v) is 13.1. The number of rotatable bonds is 8. The van der Waals surface area contributed by atoms with E-state index in [-0.39, 0.29) is 24.3 Å². The maximum atomic E-state index is 12.7. The van der Waals surface area contributed by atoms with Gasteiger partial charge in [-0.1, -0.05) is 18.2 Å². The van der Waals surface area contributed by atoms with Gasteiger partial charge < -0.3 is 14.6 Å². The molecule has 0 saturated carbocycles. The molecule has 1 aliphatic heterocycles. The van der Waals surface area contributed by atoms with Gasteiger partial charge in [0.25, 0.3) is 0 Å². The number of ether oxygens (including phenoxy) is 2. The lowest BCUT2D eigenvalue weighted by molar-refractivity contribution is -0.274. The molecule has 0 unspecified atom stereocenters. The van der Waals surface area contributed by atoms with E-state index in [4.69, 9.17) is 4.74 Å². The minimum atomic E-state index is -4.75. The van der Waals surface area contributed by atoms with Crippen molar-refractivity contribution in [3.8, 4) is 17.4 Å². The van der Waals surface area contributed by atoms with E-state index < -0.39 is 6.36 Å². The van der Waals surface area contributed by atoms with Crippen molar-refractivity contribution in [2.45, 2.75) is 44.6 Å². The molecule has 0 spiro atoms. The summed E-state index contributed by atoms with van der Waals surface area (Å²) in [6.07, 6.45) is 0.632. The molecule has 39 heavy (non-hydrogen) atoms.